The number of nitrogens with two attached hydrogens (primary N) is 2. The van der Waals surface area contributed by atoms with Crippen molar-refractivity contribution < 1.29 is 12.8 Å². The van der Waals surface area contributed by atoms with E-state index in [4.69, 9.17) is 15.3 Å². The Bertz CT molecular complexity index is 650. The van der Waals surface area contributed by atoms with Crippen LogP contribution in [0.25, 0.3) is 0 Å². The van der Waals surface area contributed by atoms with Crippen molar-refractivity contribution >= 4 is 22.1 Å². The fourth-order valence-electron chi connectivity index (χ4n) is 1.47. The van der Waals surface area contributed by atoms with E-state index in [1.807, 2.05) is 0 Å². The van der Waals surface area contributed by atoms with Gasteiger partial charge in [0.25, 0.3) is 0 Å². The van der Waals surface area contributed by atoms with E-state index in [0.717, 1.165) is 5.56 Å². The molecule has 2 aromatic rings. The Morgan fingerprint density at radius 2 is 1.89 bits per heavy atom. The van der Waals surface area contributed by atoms with Crippen LogP contribution < -0.4 is 16.2 Å². The number of anilines is 2. The summed E-state index contributed by atoms with van der Waals surface area (Å²) in [6.45, 7) is 0.552. The van der Waals surface area contributed by atoms with Gasteiger partial charge in [-0.15, -0.1) is 0 Å². The van der Waals surface area contributed by atoms with E-state index in [0.29, 0.717) is 13.0 Å². The molecule has 0 saturated carbocycles. The van der Waals surface area contributed by atoms with Crippen molar-refractivity contribution in [3.63, 3.8) is 0 Å². The number of nitrogens with one attached hydrogen (secondary N) is 1. The predicted molar refractivity (Wildman–Crippen MR) is 68.7 cm³/mol. The molecule has 0 atom stereocenters. The summed E-state index contributed by atoms with van der Waals surface area (Å²) >= 11 is 0. The molecule has 1 heterocycles. The highest BCUT2D eigenvalue weighted by atomic mass is 32.2. The summed E-state index contributed by atoms with van der Waals surface area (Å²) in [6, 6.07) is 6.58. The summed E-state index contributed by atoms with van der Waals surface area (Å²) in [7, 11) is -3.64. The average molecular weight is 283 g/mol. The number of primary sulfonamides is 1. The molecule has 0 saturated heterocycles. The minimum Gasteiger partial charge on any atom is -0.390 e. The van der Waals surface area contributed by atoms with Gasteiger partial charge in [0.05, 0.1) is 4.90 Å². The Morgan fingerprint density at radius 3 is 2.42 bits per heavy atom. The van der Waals surface area contributed by atoms with Crippen LogP contribution in [0, 0.1) is 0 Å². The van der Waals surface area contributed by atoms with Crippen LogP contribution in [-0.4, -0.2) is 25.2 Å². The average Bonchev–Trinajstić information content (AvgIpc) is 2.75. The van der Waals surface area contributed by atoms with Crippen molar-refractivity contribution in [1.82, 2.24) is 10.2 Å². The number of benzene rings is 1. The SMILES string of the molecule is Nc1nnc(NCCc2ccc(S(N)(=O)=O)cc2)o1. The quantitative estimate of drug-likeness (QED) is 0.699. The van der Waals surface area contributed by atoms with Crippen molar-refractivity contribution in [2.45, 2.75) is 11.3 Å². The predicted octanol–water partition coefficient (Wildman–Crippen LogP) is -0.0462. The third-order valence-electron chi connectivity index (χ3n) is 2.38. The molecule has 0 unspecified atom stereocenters. The Kier molecular flexibility index (Phi) is 3.67. The maximum Gasteiger partial charge on any atom is 0.316 e. The van der Waals surface area contributed by atoms with E-state index in [-0.39, 0.29) is 16.9 Å². The van der Waals surface area contributed by atoms with Gasteiger partial charge in [-0.3, -0.25) is 0 Å². The zero-order valence-corrected chi connectivity index (χ0v) is 10.7. The van der Waals surface area contributed by atoms with Gasteiger partial charge >= 0.3 is 12.0 Å². The number of rotatable bonds is 5. The number of nitrogens with zero attached hydrogens (tertiary/aromatic N) is 2. The van der Waals surface area contributed by atoms with Gasteiger partial charge in [-0.05, 0) is 24.1 Å². The van der Waals surface area contributed by atoms with E-state index in [9.17, 15) is 8.42 Å². The highest BCUT2D eigenvalue weighted by molar-refractivity contribution is 7.89. The number of nitrogen functional groups attached to an aromatic ring is 1. The summed E-state index contributed by atoms with van der Waals surface area (Å²) in [5, 5.41) is 15.0. The molecule has 0 bridgehead atoms. The molecule has 0 aliphatic rings. The third-order valence-corrected chi connectivity index (χ3v) is 3.31. The maximum absolute atomic E-state index is 11.1. The molecule has 9 heteroatoms. The van der Waals surface area contributed by atoms with Crippen LogP contribution in [0.5, 0.6) is 0 Å². The molecule has 0 aliphatic carbocycles. The smallest absolute Gasteiger partial charge is 0.316 e. The zero-order chi connectivity index (χ0) is 13.9. The molecule has 0 fully saturated rings. The van der Waals surface area contributed by atoms with Gasteiger partial charge in [-0.2, -0.15) is 0 Å². The Morgan fingerprint density at radius 1 is 1.21 bits per heavy atom. The standard InChI is InChI=1S/C10H13N5O3S/c11-9-14-15-10(18-9)13-6-5-7-1-3-8(4-2-7)19(12,16)17/h1-4H,5-6H2,(H2,11,14)(H,13,15)(H2,12,16,17). The molecule has 1 aromatic carbocycles. The highest BCUT2D eigenvalue weighted by Crippen LogP contribution is 2.10. The van der Waals surface area contributed by atoms with E-state index in [2.05, 4.69) is 15.5 Å². The lowest BCUT2D eigenvalue weighted by atomic mass is 10.1. The van der Waals surface area contributed by atoms with Gasteiger partial charge in [0, 0.05) is 6.54 Å². The molecule has 0 radical (unpaired) electrons. The van der Waals surface area contributed by atoms with Gasteiger partial charge in [-0.1, -0.05) is 22.3 Å². The maximum atomic E-state index is 11.1. The zero-order valence-electron chi connectivity index (χ0n) is 9.91. The summed E-state index contributed by atoms with van der Waals surface area (Å²) in [6.07, 6.45) is 0.660. The minimum absolute atomic E-state index is 0.00000493. The van der Waals surface area contributed by atoms with Gasteiger partial charge in [0.2, 0.25) is 10.0 Å². The van der Waals surface area contributed by atoms with Gasteiger partial charge in [0.1, 0.15) is 0 Å². The van der Waals surface area contributed by atoms with Crippen molar-refractivity contribution in [3.05, 3.63) is 29.8 Å². The first kappa shape index (κ1) is 13.3. The summed E-state index contributed by atoms with van der Waals surface area (Å²) in [5.41, 5.74) is 6.22. The first-order valence-electron chi connectivity index (χ1n) is 5.40. The third kappa shape index (κ3) is 3.66. The van der Waals surface area contributed by atoms with Crippen LogP contribution in [-0.2, 0) is 16.4 Å². The second kappa shape index (κ2) is 5.24. The lowest BCUT2D eigenvalue weighted by Gasteiger charge is -2.03. The molecule has 0 aliphatic heterocycles. The molecule has 1 aromatic heterocycles. The lowest BCUT2D eigenvalue weighted by Crippen LogP contribution is -2.12. The molecule has 5 N–H and O–H groups in total. The molecule has 102 valence electrons. The summed E-state index contributed by atoms with van der Waals surface area (Å²) in [5.74, 6) is 0. The van der Waals surface area contributed by atoms with Crippen molar-refractivity contribution in [3.8, 4) is 0 Å². The fourth-order valence-corrected chi connectivity index (χ4v) is 1.98. The molecule has 0 amide bonds. The van der Waals surface area contributed by atoms with E-state index in [1.54, 1.807) is 12.1 Å². The van der Waals surface area contributed by atoms with Crippen LogP contribution in [0.3, 0.4) is 0 Å². The lowest BCUT2D eigenvalue weighted by molar-refractivity contribution is 0.586. The van der Waals surface area contributed by atoms with Crippen molar-refractivity contribution in [2.24, 2.45) is 5.14 Å². The highest BCUT2D eigenvalue weighted by Gasteiger charge is 2.06. The molecule has 2 rings (SSSR count). The molecule has 0 spiro atoms. The van der Waals surface area contributed by atoms with Gasteiger partial charge < -0.3 is 15.5 Å². The van der Waals surface area contributed by atoms with Crippen LogP contribution in [0.4, 0.5) is 12.0 Å². The number of sulfonamides is 1. The monoisotopic (exact) mass is 283 g/mol. The summed E-state index contributed by atoms with van der Waals surface area (Å²) < 4.78 is 27.1. The molecule has 19 heavy (non-hydrogen) atoms. The normalized spacial score (nSPS) is 11.4. The second-order valence-corrected chi connectivity index (χ2v) is 5.37. The number of aromatic nitrogens is 2. The van der Waals surface area contributed by atoms with Crippen LogP contribution in [0.1, 0.15) is 5.56 Å². The first-order valence-corrected chi connectivity index (χ1v) is 6.94. The summed E-state index contributed by atoms with van der Waals surface area (Å²) in [4.78, 5) is 0.0916. The van der Waals surface area contributed by atoms with E-state index in [1.165, 1.54) is 12.1 Å². The van der Waals surface area contributed by atoms with Crippen LogP contribution in [0.15, 0.2) is 33.6 Å². The van der Waals surface area contributed by atoms with Gasteiger partial charge in [-0.25, -0.2) is 13.6 Å². The minimum atomic E-state index is -3.64. The van der Waals surface area contributed by atoms with E-state index >= 15 is 0 Å². The fraction of sp³-hybridized carbons (Fsp3) is 0.200. The second-order valence-electron chi connectivity index (χ2n) is 3.81. The Hall–Kier alpha value is -2.13. The molecular formula is C10H13N5O3S. The molecule has 8 nitrogen and oxygen atoms in total. The van der Waals surface area contributed by atoms with Crippen LogP contribution in [0.2, 0.25) is 0 Å². The van der Waals surface area contributed by atoms with E-state index < -0.39 is 10.0 Å². The largest absolute Gasteiger partial charge is 0.390 e. The van der Waals surface area contributed by atoms with Crippen LogP contribution >= 0.6 is 0 Å². The number of hydrogen-bond donors (Lipinski definition) is 3. The Balaban J connectivity index is 1.90. The first-order chi connectivity index (χ1) is 8.95. The van der Waals surface area contributed by atoms with Gasteiger partial charge in [0.15, 0.2) is 0 Å². The Labute approximate surface area is 109 Å². The topological polar surface area (TPSA) is 137 Å². The van der Waals surface area contributed by atoms with Crippen molar-refractivity contribution in [1.29, 1.82) is 0 Å². The molecular weight excluding hydrogens is 270 g/mol. The number of hydrogen-bond acceptors (Lipinski definition) is 7. The van der Waals surface area contributed by atoms with Crippen molar-refractivity contribution in [2.75, 3.05) is 17.6 Å².